The molecule has 1 aliphatic heterocycles. The van der Waals surface area contributed by atoms with Crippen LogP contribution in [0.2, 0.25) is 5.02 Å². The fraction of sp³-hybridized carbons (Fsp3) is 0.538. The maximum Gasteiger partial charge on any atom is 0.253 e. The van der Waals surface area contributed by atoms with E-state index in [2.05, 4.69) is 10.3 Å². The van der Waals surface area contributed by atoms with Crippen molar-refractivity contribution in [1.29, 1.82) is 0 Å². The van der Waals surface area contributed by atoms with Crippen LogP contribution in [0.1, 0.15) is 37.0 Å². The lowest BCUT2D eigenvalue weighted by Gasteiger charge is -2.35. The highest BCUT2D eigenvalue weighted by Crippen LogP contribution is 2.24. The number of anilines is 1. The Morgan fingerprint density at radius 2 is 2.37 bits per heavy atom. The van der Waals surface area contributed by atoms with E-state index < -0.39 is 0 Å². The van der Waals surface area contributed by atoms with Crippen molar-refractivity contribution in [1.82, 2.24) is 10.3 Å². The number of amides is 1. The summed E-state index contributed by atoms with van der Waals surface area (Å²) in [4.78, 5) is 16.0. The molecule has 2 rings (SSSR count). The largest absolute Gasteiger partial charge is 0.382 e. The molecule has 6 heteroatoms. The second kappa shape index (κ2) is 5.35. The van der Waals surface area contributed by atoms with Crippen LogP contribution in [0.25, 0.3) is 0 Å². The lowest BCUT2D eigenvalue weighted by atomic mass is 9.94. The highest BCUT2D eigenvalue weighted by molar-refractivity contribution is 6.33. The van der Waals surface area contributed by atoms with E-state index in [4.69, 9.17) is 22.1 Å². The van der Waals surface area contributed by atoms with Crippen molar-refractivity contribution in [2.75, 3.05) is 12.3 Å². The molecule has 0 bridgehead atoms. The van der Waals surface area contributed by atoms with E-state index in [9.17, 15) is 4.79 Å². The number of hydrogen-bond donors (Lipinski definition) is 2. The number of nitrogens with two attached hydrogens (primary N) is 1. The number of carbonyl (C=O) groups is 1. The summed E-state index contributed by atoms with van der Waals surface area (Å²) in [5, 5.41) is 3.27. The van der Waals surface area contributed by atoms with Crippen LogP contribution in [0, 0.1) is 0 Å². The summed E-state index contributed by atoms with van der Waals surface area (Å²) >= 11 is 5.86. The van der Waals surface area contributed by atoms with Gasteiger partial charge in [0, 0.05) is 18.8 Å². The number of nitrogens with one attached hydrogen (secondary N) is 1. The molecule has 1 amide bonds. The molecular weight excluding hydrogens is 266 g/mol. The number of rotatable bonds is 2. The lowest BCUT2D eigenvalue weighted by molar-refractivity contribution is -0.0615. The number of halogens is 1. The SMILES string of the molecule is CC1(C)CC(NC(=O)c2cnc(N)c(Cl)c2)CCO1. The topological polar surface area (TPSA) is 77.2 Å². The summed E-state index contributed by atoms with van der Waals surface area (Å²) in [7, 11) is 0. The predicted octanol–water partition coefficient (Wildman–Crippen LogP) is 2.00. The standard InChI is InChI=1S/C13H18ClN3O2/c1-13(2)6-9(3-4-19-13)17-12(18)8-5-10(14)11(15)16-7-8/h5,7,9H,3-4,6H2,1-2H3,(H2,15,16)(H,17,18). The van der Waals surface area contributed by atoms with Gasteiger partial charge in [0.05, 0.1) is 16.2 Å². The normalized spacial score (nSPS) is 21.9. The number of carbonyl (C=O) groups excluding carboxylic acids is 1. The molecule has 3 N–H and O–H groups in total. The molecule has 1 aliphatic rings. The number of nitrogen functional groups attached to an aromatic ring is 1. The average Bonchev–Trinajstić information content (AvgIpc) is 2.31. The maximum absolute atomic E-state index is 12.1. The minimum atomic E-state index is -0.201. The van der Waals surface area contributed by atoms with E-state index in [1.807, 2.05) is 13.8 Å². The van der Waals surface area contributed by atoms with Crippen molar-refractivity contribution in [2.45, 2.75) is 38.3 Å². The van der Waals surface area contributed by atoms with Crippen LogP contribution in [0.4, 0.5) is 5.82 Å². The summed E-state index contributed by atoms with van der Waals surface area (Å²) in [6.45, 7) is 4.69. The van der Waals surface area contributed by atoms with Crippen LogP contribution in [-0.4, -0.2) is 29.1 Å². The minimum absolute atomic E-state index is 0.104. The molecular formula is C13H18ClN3O2. The van der Waals surface area contributed by atoms with Gasteiger partial charge in [-0.2, -0.15) is 0 Å². The Hall–Kier alpha value is -1.33. The molecule has 0 aliphatic carbocycles. The van der Waals surface area contributed by atoms with Crippen molar-refractivity contribution in [3.8, 4) is 0 Å². The molecule has 1 saturated heterocycles. The predicted molar refractivity (Wildman–Crippen MR) is 74.2 cm³/mol. The number of ether oxygens (including phenoxy) is 1. The molecule has 1 fully saturated rings. The Morgan fingerprint density at radius 1 is 1.63 bits per heavy atom. The molecule has 1 aromatic heterocycles. The zero-order valence-corrected chi connectivity index (χ0v) is 11.8. The van der Waals surface area contributed by atoms with Gasteiger partial charge in [-0.3, -0.25) is 4.79 Å². The van der Waals surface area contributed by atoms with Gasteiger partial charge >= 0.3 is 0 Å². The lowest BCUT2D eigenvalue weighted by Crippen LogP contribution is -2.45. The third kappa shape index (κ3) is 3.58. The molecule has 0 radical (unpaired) electrons. The second-order valence-electron chi connectivity index (χ2n) is 5.36. The van der Waals surface area contributed by atoms with Crippen LogP contribution in [0.3, 0.4) is 0 Å². The molecule has 1 atom stereocenters. The van der Waals surface area contributed by atoms with Crippen molar-refractivity contribution in [3.63, 3.8) is 0 Å². The highest BCUT2D eigenvalue weighted by atomic mass is 35.5. The van der Waals surface area contributed by atoms with Gasteiger partial charge in [0.1, 0.15) is 5.82 Å². The highest BCUT2D eigenvalue weighted by Gasteiger charge is 2.29. The monoisotopic (exact) mass is 283 g/mol. The molecule has 0 saturated carbocycles. The molecule has 0 spiro atoms. The Bertz CT molecular complexity index is 491. The Labute approximate surface area is 117 Å². The van der Waals surface area contributed by atoms with Crippen molar-refractivity contribution in [3.05, 3.63) is 22.8 Å². The van der Waals surface area contributed by atoms with Crippen molar-refractivity contribution < 1.29 is 9.53 Å². The summed E-state index contributed by atoms with van der Waals surface area (Å²) in [6, 6.07) is 1.64. The molecule has 5 nitrogen and oxygen atoms in total. The third-order valence-corrected chi connectivity index (χ3v) is 3.47. The van der Waals surface area contributed by atoms with Gasteiger partial charge in [-0.05, 0) is 32.8 Å². The molecule has 104 valence electrons. The molecule has 0 aromatic carbocycles. The first-order valence-corrected chi connectivity index (χ1v) is 6.61. The van der Waals surface area contributed by atoms with Gasteiger partial charge in [-0.1, -0.05) is 11.6 Å². The Balaban J connectivity index is 2.02. The second-order valence-corrected chi connectivity index (χ2v) is 5.77. The van der Waals surface area contributed by atoms with E-state index in [1.165, 1.54) is 12.3 Å². The summed E-state index contributed by atoms with van der Waals surface area (Å²) in [5.74, 6) is 0.0440. The molecule has 19 heavy (non-hydrogen) atoms. The average molecular weight is 284 g/mol. The van der Waals surface area contributed by atoms with Crippen molar-refractivity contribution >= 4 is 23.3 Å². The zero-order valence-electron chi connectivity index (χ0n) is 11.1. The van der Waals surface area contributed by atoms with E-state index in [0.717, 1.165) is 12.8 Å². The van der Waals surface area contributed by atoms with Crippen LogP contribution < -0.4 is 11.1 Å². The van der Waals surface area contributed by atoms with Crippen LogP contribution in [0.5, 0.6) is 0 Å². The van der Waals surface area contributed by atoms with Crippen LogP contribution >= 0.6 is 11.6 Å². The first kappa shape index (κ1) is 14.1. The number of aromatic nitrogens is 1. The fourth-order valence-corrected chi connectivity index (χ4v) is 2.36. The number of nitrogens with zero attached hydrogens (tertiary/aromatic N) is 1. The van der Waals surface area contributed by atoms with E-state index in [1.54, 1.807) is 0 Å². The molecule has 2 heterocycles. The Kier molecular flexibility index (Phi) is 3.96. The fourth-order valence-electron chi connectivity index (χ4n) is 2.20. The van der Waals surface area contributed by atoms with Crippen LogP contribution in [-0.2, 0) is 4.74 Å². The smallest absolute Gasteiger partial charge is 0.253 e. The van der Waals surface area contributed by atoms with Gasteiger partial charge in [0.15, 0.2) is 0 Å². The quantitative estimate of drug-likeness (QED) is 0.870. The van der Waals surface area contributed by atoms with Crippen molar-refractivity contribution in [2.24, 2.45) is 0 Å². The van der Waals surface area contributed by atoms with Crippen LogP contribution in [0.15, 0.2) is 12.3 Å². The zero-order chi connectivity index (χ0) is 14.0. The van der Waals surface area contributed by atoms with Gasteiger partial charge in [-0.15, -0.1) is 0 Å². The summed E-state index contributed by atoms with van der Waals surface area (Å²) in [5.41, 5.74) is 5.74. The van der Waals surface area contributed by atoms with Gasteiger partial charge in [-0.25, -0.2) is 4.98 Å². The summed E-state index contributed by atoms with van der Waals surface area (Å²) in [6.07, 6.45) is 3.03. The Morgan fingerprint density at radius 3 is 3.00 bits per heavy atom. The van der Waals surface area contributed by atoms with Gasteiger partial charge < -0.3 is 15.8 Å². The van der Waals surface area contributed by atoms with Gasteiger partial charge in [0.2, 0.25) is 0 Å². The molecule has 1 aromatic rings. The molecule has 1 unspecified atom stereocenters. The number of hydrogen-bond acceptors (Lipinski definition) is 4. The summed E-state index contributed by atoms with van der Waals surface area (Å²) < 4.78 is 5.62. The number of pyridine rings is 1. The maximum atomic E-state index is 12.1. The van der Waals surface area contributed by atoms with E-state index in [0.29, 0.717) is 17.2 Å². The van der Waals surface area contributed by atoms with E-state index in [-0.39, 0.29) is 23.4 Å². The van der Waals surface area contributed by atoms with Gasteiger partial charge in [0.25, 0.3) is 5.91 Å². The third-order valence-electron chi connectivity index (χ3n) is 3.16. The van der Waals surface area contributed by atoms with E-state index >= 15 is 0 Å². The minimum Gasteiger partial charge on any atom is -0.382 e. The first-order chi connectivity index (χ1) is 8.87. The first-order valence-electron chi connectivity index (χ1n) is 6.23.